The maximum atomic E-state index is 13.0. The fourth-order valence-electron chi connectivity index (χ4n) is 3.77. The van der Waals surface area contributed by atoms with E-state index < -0.39 is 17.7 Å². The largest absolute Gasteiger partial charge is 0.507 e. The van der Waals surface area contributed by atoms with E-state index in [4.69, 9.17) is 21.1 Å². The summed E-state index contributed by atoms with van der Waals surface area (Å²) in [5.41, 5.74) is 2.18. The SMILES string of the molecule is COCCN1C(=O)C(=O)/C(=C(\O)c2ccc(Cl)c(OC)c2)C1c1ccc(C(C)(C)C)cc1. The Morgan fingerprint density at radius 2 is 1.75 bits per heavy atom. The lowest BCUT2D eigenvalue weighted by Gasteiger charge is -2.26. The number of aliphatic hydroxyl groups is 1. The van der Waals surface area contributed by atoms with Gasteiger partial charge >= 0.3 is 0 Å². The van der Waals surface area contributed by atoms with Crippen LogP contribution in [0.4, 0.5) is 0 Å². The highest BCUT2D eigenvalue weighted by molar-refractivity contribution is 6.46. The van der Waals surface area contributed by atoms with Crippen molar-refractivity contribution in [1.82, 2.24) is 4.90 Å². The lowest BCUT2D eigenvalue weighted by atomic mass is 9.85. The number of halogens is 1. The average molecular weight is 458 g/mol. The molecule has 3 rings (SSSR count). The number of benzene rings is 2. The van der Waals surface area contributed by atoms with E-state index in [2.05, 4.69) is 20.8 Å². The summed E-state index contributed by atoms with van der Waals surface area (Å²) < 4.78 is 10.4. The first-order chi connectivity index (χ1) is 15.1. The molecule has 1 N–H and O–H groups in total. The molecule has 1 heterocycles. The topological polar surface area (TPSA) is 76.1 Å². The van der Waals surface area contributed by atoms with Crippen LogP contribution in [0.2, 0.25) is 5.02 Å². The number of hydrogen-bond donors (Lipinski definition) is 1. The summed E-state index contributed by atoms with van der Waals surface area (Å²) in [7, 11) is 3.00. The minimum absolute atomic E-state index is 0.0268. The Bertz CT molecular complexity index is 1050. The molecule has 6 nitrogen and oxygen atoms in total. The Balaban J connectivity index is 2.16. The van der Waals surface area contributed by atoms with Gasteiger partial charge in [0.25, 0.3) is 11.7 Å². The van der Waals surface area contributed by atoms with Gasteiger partial charge < -0.3 is 19.5 Å². The summed E-state index contributed by atoms with van der Waals surface area (Å²) in [5.74, 6) is -1.33. The first-order valence-electron chi connectivity index (χ1n) is 10.3. The summed E-state index contributed by atoms with van der Waals surface area (Å²) in [6.45, 7) is 6.81. The predicted octanol–water partition coefficient (Wildman–Crippen LogP) is 4.71. The molecule has 1 aliphatic rings. The van der Waals surface area contributed by atoms with E-state index in [1.807, 2.05) is 24.3 Å². The quantitative estimate of drug-likeness (QED) is 0.386. The first kappa shape index (κ1) is 23.8. The lowest BCUT2D eigenvalue weighted by Crippen LogP contribution is -2.32. The summed E-state index contributed by atoms with van der Waals surface area (Å²) in [4.78, 5) is 27.3. The molecule has 1 aliphatic heterocycles. The van der Waals surface area contributed by atoms with Crippen molar-refractivity contribution in [1.29, 1.82) is 0 Å². The van der Waals surface area contributed by atoms with Crippen LogP contribution in [0.25, 0.3) is 5.76 Å². The lowest BCUT2D eigenvalue weighted by molar-refractivity contribution is -0.140. The molecule has 0 aliphatic carbocycles. The molecule has 1 amide bonds. The smallest absolute Gasteiger partial charge is 0.295 e. The maximum absolute atomic E-state index is 13.0. The zero-order chi connectivity index (χ0) is 23.6. The van der Waals surface area contributed by atoms with E-state index in [1.54, 1.807) is 18.2 Å². The molecule has 0 saturated carbocycles. The van der Waals surface area contributed by atoms with Gasteiger partial charge in [0.2, 0.25) is 0 Å². The van der Waals surface area contributed by atoms with Crippen LogP contribution in [0.1, 0.15) is 43.5 Å². The van der Waals surface area contributed by atoms with Gasteiger partial charge in [0.15, 0.2) is 0 Å². The van der Waals surface area contributed by atoms with Crippen LogP contribution in [0.15, 0.2) is 48.0 Å². The van der Waals surface area contributed by atoms with Gasteiger partial charge in [-0.3, -0.25) is 9.59 Å². The van der Waals surface area contributed by atoms with Gasteiger partial charge in [0.05, 0.1) is 30.4 Å². The van der Waals surface area contributed by atoms with Crippen molar-refractivity contribution in [2.45, 2.75) is 32.2 Å². The Morgan fingerprint density at radius 3 is 2.31 bits per heavy atom. The molecule has 0 radical (unpaired) electrons. The summed E-state index contributed by atoms with van der Waals surface area (Å²) in [5, 5.41) is 11.5. The van der Waals surface area contributed by atoms with E-state index in [9.17, 15) is 14.7 Å². The summed E-state index contributed by atoms with van der Waals surface area (Å²) in [6, 6.07) is 11.7. The van der Waals surface area contributed by atoms with E-state index in [-0.39, 0.29) is 29.9 Å². The standard InChI is InChI=1S/C25H28ClNO5/c1-25(2,3)17-9-6-15(7-10-17)21-20(23(29)24(30)27(21)12-13-31-4)22(28)16-8-11-18(26)19(14-16)32-5/h6-11,14,21,28H,12-13H2,1-5H3/b22-20-. The van der Waals surface area contributed by atoms with Crippen LogP contribution in [-0.4, -0.2) is 49.1 Å². The number of aliphatic hydroxyl groups excluding tert-OH is 1. The highest BCUT2D eigenvalue weighted by Gasteiger charge is 2.46. The number of likely N-dealkylation sites (tertiary alicyclic amines) is 1. The van der Waals surface area contributed by atoms with E-state index in [1.165, 1.54) is 19.1 Å². The maximum Gasteiger partial charge on any atom is 0.295 e. The molecular weight excluding hydrogens is 430 g/mol. The summed E-state index contributed by atoms with van der Waals surface area (Å²) >= 11 is 6.10. The Kier molecular flexibility index (Phi) is 6.96. The van der Waals surface area contributed by atoms with Crippen LogP contribution in [-0.2, 0) is 19.7 Å². The van der Waals surface area contributed by atoms with E-state index >= 15 is 0 Å². The molecule has 1 unspecified atom stereocenters. The molecule has 2 aromatic carbocycles. The number of rotatable bonds is 6. The number of ether oxygens (including phenoxy) is 2. The molecule has 0 aromatic heterocycles. The predicted molar refractivity (Wildman–Crippen MR) is 124 cm³/mol. The second kappa shape index (κ2) is 9.35. The number of hydrogen-bond acceptors (Lipinski definition) is 5. The van der Waals surface area contributed by atoms with Crippen molar-refractivity contribution in [2.75, 3.05) is 27.4 Å². The molecule has 1 atom stereocenters. The zero-order valence-electron chi connectivity index (χ0n) is 18.9. The minimum atomic E-state index is -0.739. The average Bonchev–Trinajstić information content (AvgIpc) is 3.01. The van der Waals surface area contributed by atoms with Gasteiger partial charge in [0, 0.05) is 19.2 Å². The van der Waals surface area contributed by atoms with Crippen molar-refractivity contribution in [3.63, 3.8) is 0 Å². The molecule has 170 valence electrons. The molecule has 7 heteroatoms. The van der Waals surface area contributed by atoms with Gasteiger partial charge in [-0.2, -0.15) is 0 Å². The summed E-state index contributed by atoms with van der Waals surface area (Å²) in [6.07, 6.45) is 0. The second-order valence-corrected chi connectivity index (χ2v) is 9.11. The van der Waals surface area contributed by atoms with Crippen molar-refractivity contribution in [2.24, 2.45) is 0 Å². The van der Waals surface area contributed by atoms with Crippen LogP contribution in [0.5, 0.6) is 5.75 Å². The fourth-order valence-corrected chi connectivity index (χ4v) is 3.97. The molecule has 0 bridgehead atoms. The third-order valence-electron chi connectivity index (χ3n) is 5.59. The highest BCUT2D eigenvalue weighted by Crippen LogP contribution is 2.40. The highest BCUT2D eigenvalue weighted by atomic mass is 35.5. The number of nitrogens with zero attached hydrogens (tertiary/aromatic N) is 1. The van der Waals surface area contributed by atoms with Gasteiger partial charge in [-0.05, 0) is 34.7 Å². The molecule has 2 aromatic rings. The molecule has 1 fully saturated rings. The van der Waals surface area contributed by atoms with Gasteiger partial charge in [0.1, 0.15) is 11.5 Å². The first-order valence-corrected chi connectivity index (χ1v) is 10.7. The Hall–Kier alpha value is -2.83. The Morgan fingerprint density at radius 1 is 1.09 bits per heavy atom. The number of carbonyl (C=O) groups is 2. The molecule has 0 spiro atoms. The number of amides is 1. The number of ketones is 1. The van der Waals surface area contributed by atoms with Crippen molar-refractivity contribution >= 4 is 29.1 Å². The third-order valence-corrected chi connectivity index (χ3v) is 5.91. The van der Waals surface area contributed by atoms with Crippen molar-refractivity contribution in [3.05, 3.63) is 69.8 Å². The number of carbonyl (C=O) groups excluding carboxylic acids is 2. The van der Waals surface area contributed by atoms with Gasteiger partial charge in [-0.15, -0.1) is 0 Å². The Labute approximate surface area is 193 Å². The van der Waals surface area contributed by atoms with Crippen LogP contribution in [0.3, 0.4) is 0 Å². The minimum Gasteiger partial charge on any atom is -0.507 e. The van der Waals surface area contributed by atoms with Gasteiger partial charge in [-0.1, -0.05) is 56.6 Å². The van der Waals surface area contributed by atoms with E-state index in [0.717, 1.165) is 11.1 Å². The van der Waals surface area contributed by atoms with E-state index in [0.29, 0.717) is 16.3 Å². The number of methoxy groups -OCH3 is 2. The van der Waals surface area contributed by atoms with Gasteiger partial charge in [-0.25, -0.2) is 0 Å². The monoisotopic (exact) mass is 457 g/mol. The van der Waals surface area contributed by atoms with Crippen molar-refractivity contribution < 1.29 is 24.2 Å². The van der Waals surface area contributed by atoms with Crippen LogP contribution >= 0.6 is 11.6 Å². The zero-order valence-corrected chi connectivity index (χ0v) is 19.7. The molecule has 1 saturated heterocycles. The van der Waals surface area contributed by atoms with Crippen LogP contribution in [0, 0.1) is 0 Å². The van der Waals surface area contributed by atoms with Crippen molar-refractivity contribution in [3.8, 4) is 5.75 Å². The fraction of sp³-hybridized carbons (Fsp3) is 0.360. The van der Waals surface area contributed by atoms with Crippen LogP contribution < -0.4 is 4.74 Å². The normalized spacial score (nSPS) is 18.3. The molecular formula is C25H28ClNO5. The number of Topliss-reactive ketones (excluding diaryl/α,β-unsaturated/α-hetero) is 1. The molecule has 32 heavy (non-hydrogen) atoms. The second-order valence-electron chi connectivity index (χ2n) is 8.71. The third kappa shape index (κ3) is 4.52.